The van der Waals surface area contributed by atoms with Gasteiger partial charge in [-0.05, 0) is 24.9 Å². The summed E-state index contributed by atoms with van der Waals surface area (Å²) in [5, 5.41) is 2.39. The van der Waals surface area contributed by atoms with Gasteiger partial charge in [-0.2, -0.15) is 0 Å². The van der Waals surface area contributed by atoms with Crippen molar-refractivity contribution in [3.8, 4) is 0 Å². The van der Waals surface area contributed by atoms with E-state index in [2.05, 4.69) is 66.6 Å². The highest BCUT2D eigenvalue weighted by molar-refractivity contribution is 5.18. The summed E-state index contributed by atoms with van der Waals surface area (Å²) in [5.74, 6) is 0.699. The molecule has 0 amide bonds. The van der Waals surface area contributed by atoms with Gasteiger partial charge in [0.25, 0.3) is 0 Å². The quantitative estimate of drug-likeness (QED) is 0.878. The Morgan fingerprint density at radius 2 is 1.68 bits per heavy atom. The zero-order valence-corrected chi connectivity index (χ0v) is 12.5. The summed E-state index contributed by atoms with van der Waals surface area (Å²) in [4.78, 5) is 2.39. The van der Waals surface area contributed by atoms with Crippen LogP contribution in [-0.4, -0.2) is 43.1 Å². The lowest BCUT2D eigenvalue weighted by atomic mass is 9.97. The van der Waals surface area contributed by atoms with Crippen molar-refractivity contribution in [3.05, 3.63) is 35.9 Å². The molecule has 0 spiro atoms. The molecule has 1 aliphatic rings. The normalized spacial score (nSPS) is 19.8. The van der Waals surface area contributed by atoms with Crippen LogP contribution in [0.2, 0.25) is 0 Å². The summed E-state index contributed by atoms with van der Waals surface area (Å²) in [5.41, 5.74) is 5.13. The molecule has 1 atom stereocenters. The van der Waals surface area contributed by atoms with Crippen molar-refractivity contribution in [2.75, 3.05) is 33.2 Å². The first-order valence-corrected chi connectivity index (χ1v) is 7.39. The molecule has 0 radical (unpaired) electrons. The van der Waals surface area contributed by atoms with Gasteiger partial charge < -0.3 is 4.90 Å². The minimum atomic E-state index is 0.435. The predicted molar refractivity (Wildman–Crippen MR) is 80.8 cm³/mol. The summed E-state index contributed by atoms with van der Waals surface area (Å²) in [6.45, 7) is 9.10. The van der Waals surface area contributed by atoms with Crippen LogP contribution in [0.25, 0.3) is 0 Å². The molecule has 0 aliphatic carbocycles. The summed E-state index contributed by atoms with van der Waals surface area (Å²) in [6, 6.07) is 11.3. The molecule has 1 unspecified atom stereocenters. The molecule has 106 valence electrons. The Balaban J connectivity index is 1.98. The van der Waals surface area contributed by atoms with Crippen molar-refractivity contribution in [2.24, 2.45) is 5.92 Å². The van der Waals surface area contributed by atoms with Gasteiger partial charge in [0.1, 0.15) is 0 Å². The van der Waals surface area contributed by atoms with E-state index >= 15 is 0 Å². The molecule has 0 aromatic heterocycles. The van der Waals surface area contributed by atoms with Crippen LogP contribution in [0.4, 0.5) is 0 Å². The van der Waals surface area contributed by atoms with E-state index in [-0.39, 0.29) is 0 Å². The summed E-state index contributed by atoms with van der Waals surface area (Å²) in [7, 11) is 2.19. The lowest BCUT2D eigenvalue weighted by Gasteiger charge is -2.36. The second kappa shape index (κ2) is 7.04. The smallest absolute Gasteiger partial charge is 0.0467 e. The second-order valence-electron chi connectivity index (χ2n) is 6.01. The van der Waals surface area contributed by atoms with Crippen LogP contribution in [0.15, 0.2) is 30.3 Å². The van der Waals surface area contributed by atoms with E-state index in [9.17, 15) is 0 Å². The van der Waals surface area contributed by atoms with Crippen LogP contribution in [0.5, 0.6) is 0 Å². The van der Waals surface area contributed by atoms with Crippen LogP contribution >= 0.6 is 0 Å². The molecule has 19 heavy (non-hydrogen) atoms. The molecule has 0 saturated carbocycles. The largest absolute Gasteiger partial charge is 0.304 e. The Bertz CT molecular complexity index is 356. The Labute approximate surface area is 117 Å². The lowest BCUT2D eigenvalue weighted by Crippen LogP contribution is -2.51. The van der Waals surface area contributed by atoms with Crippen LogP contribution in [0.3, 0.4) is 0 Å². The van der Waals surface area contributed by atoms with Gasteiger partial charge in [-0.25, -0.2) is 10.4 Å². The molecular weight excluding hydrogens is 234 g/mol. The number of nitrogens with one attached hydrogen (secondary N) is 1. The van der Waals surface area contributed by atoms with Crippen molar-refractivity contribution in [1.82, 2.24) is 15.3 Å². The molecule has 1 N–H and O–H groups in total. The molecule has 2 rings (SSSR count). The van der Waals surface area contributed by atoms with Crippen molar-refractivity contribution < 1.29 is 0 Å². The van der Waals surface area contributed by atoms with Crippen LogP contribution in [-0.2, 0) is 0 Å². The fourth-order valence-electron chi connectivity index (χ4n) is 2.58. The van der Waals surface area contributed by atoms with Gasteiger partial charge in [0.15, 0.2) is 0 Å². The molecule has 1 aliphatic heterocycles. The number of hydrazine groups is 1. The van der Waals surface area contributed by atoms with E-state index in [0.29, 0.717) is 12.0 Å². The molecule has 3 nitrogen and oxygen atoms in total. The van der Waals surface area contributed by atoms with E-state index in [1.165, 1.54) is 12.0 Å². The highest BCUT2D eigenvalue weighted by Gasteiger charge is 2.19. The van der Waals surface area contributed by atoms with Gasteiger partial charge in [0, 0.05) is 32.2 Å². The van der Waals surface area contributed by atoms with Gasteiger partial charge >= 0.3 is 0 Å². The highest BCUT2D eigenvalue weighted by Crippen LogP contribution is 2.21. The number of benzene rings is 1. The van der Waals surface area contributed by atoms with Crippen LogP contribution in [0.1, 0.15) is 31.9 Å². The van der Waals surface area contributed by atoms with Gasteiger partial charge in [-0.1, -0.05) is 44.2 Å². The molecule has 1 saturated heterocycles. The Morgan fingerprint density at radius 3 is 2.26 bits per heavy atom. The SMILES string of the molecule is CC(C)CC(NN1CCN(C)CC1)c1ccccc1. The van der Waals surface area contributed by atoms with E-state index < -0.39 is 0 Å². The fourth-order valence-corrected chi connectivity index (χ4v) is 2.58. The van der Waals surface area contributed by atoms with E-state index in [1.54, 1.807) is 0 Å². The monoisotopic (exact) mass is 261 g/mol. The van der Waals surface area contributed by atoms with E-state index in [1.807, 2.05) is 0 Å². The minimum Gasteiger partial charge on any atom is -0.304 e. The van der Waals surface area contributed by atoms with E-state index in [4.69, 9.17) is 0 Å². The molecule has 1 fully saturated rings. The van der Waals surface area contributed by atoms with Crippen molar-refractivity contribution in [1.29, 1.82) is 0 Å². The van der Waals surface area contributed by atoms with Gasteiger partial charge in [-0.15, -0.1) is 0 Å². The Hall–Kier alpha value is -0.900. The first kappa shape index (κ1) is 14.5. The standard InChI is InChI=1S/C16H27N3/c1-14(2)13-16(15-7-5-4-6-8-15)17-19-11-9-18(3)10-12-19/h4-8,14,16-17H,9-13H2,1-3H3. The lowest BCUT2D eigenvalue weighted by molar-refractivity contribution is 0.0820. The molecule has 1 heterocycles. The number of rotatable bonds is 5. The van der Waals surface area contributed by atoms with Crippen molar-refractivity contribution >= 4 is 0 Å². The van der Waals surface area contributed by atoms with E-state index in [0.717, 1.165) is 26.2 Å². The Morgan fingerprint density at radius 1 is 1.05 bits per heavy atom. The van der Waals surface area contributed by atoms with Gasteiger partial charge in [-0.3, -0.25) is 0 Å². The molecule has 3 heteroatoms. The Kier molecular flexibility index (Phi) is 5.37. The third-order valence-electron chi connectivity index (χ3n) is 3.75. The van der Waals surface area contributed by atoms with Crippen molar-refractivity contribution in [2.45, 2.75) is 26.3 Å². The number of likely N-dealkylation sites (N-methyl/N-ethyl adjacent to an activating group) is 1. The molecule has 1 aromatic carbocycles. The fraction of sp³-hybridized carbons (Fsp3) is 0.625. The zero-order chi connectivity index (χ0) is 13.7. The number of hydrogen-bond donors (Lipinski definition) is 1. The first-order valence-electron chi connectivity index (χ1n) is 7.39. The number of hydrogen-bond acceptors (Lipinski definition) is 3. The minimum absolute atomic E-state index is 0.435. The summed E-state index contributed by atoms with van der Waals surface area (Å²) in [6.07, 6.45) is 1.18. The topological polar surface area (TPSA) is 18.5 Å². The average molecular weight is 261 g/mol. The second-order valence-corrected chi connectivity index (χ2v) is 6.01. The molecule has 0 bridgehead atoms. The predicted octanol–water partition coefficient (Wildman–Crippen LogP) is 2.53. The maximum absolute atomic E-state index is 3.73. The average Bonchev–Trinajstić information content (AvgIpc) is 2.41. The maximum atomic E-state index is 3.73. The van der Waals surface area contributed by atoms with Crippen molar-refractivity contribution in [3.63, 3.8) is 0 Å². The number of piperazine rings is 1. The molecular formula is C16H27N3. The van der Waals surface area contributed by atoms with Crippen LogP contribution < -0.4 is 5.43 Å². The maximum Gasteiger partial charge on any atom is 0.0467 e. The first-order chi connectivity index (χ1) is 9.15. The highest BCUT2D eigenvalue weighted by atomic mass is 15.5. The summed E-state index contributed by atoms with van der Waals surface area (Å²) < 4.78 is 0. The number of nitrogens with zero attached hydrogens (tertiary/aromatic N) is 2. The third-order valence-corrected chi connectivity index (χ3v) is 3.75. The zero-order valence-electron chi connectivity index (χ0n) is 12.5. The third kappa shape index (κ3) is 4.60. The van der Waals surface area contributed by atoms with Gasteiger partial charge in [0.2, 0.25) is 0 Å². The molecule has 1 aromatic rings. The van der Waals surface area contributed by atoms with Gasteiger partial charge in [0.05, 0.1) is 0 Å². The van der Waals surface area contributed by atoms with Crippen LogP contribution in [0, 0.1) is 5.92 Å². The summed E-state index contributed by atoms with van der Waals surface area (Å²) >= 11 is 0.